The molecule has 1 aliphatic heterocycles. The number of nitrogens with zero attached hydrogens (tertiary/aromatic N) is 3. The monoisotopic (exact) mass is 211 g/mol. The Morgan fingerprint density at radius 2 is 1.87 bits per heavy atom. The molecular formula is C10H17N3O2. The molecule has 0 spiro atoms. The number of ether oxygens (including phenoxy) is 2. The Kier molecular flexibility index (Phi) is 3.71. The maximum Gasteiger partial charge on any atom is 0.223 e. The van der Waals surface area contributed by atoms with Crippen molar-refractivity contribution in [1.82, 2.24) is 4.90 Å². The molecule has 1 heterocycles. The lowest BCUT2D eigenvalue weighted by atomic mass is 10.3. The van der Waals surface area contributed by atoms with Gasteiger partial charge in [-0.3, -0.25) is 0 Å². The Morgan fingerprint density at radius 1 is 1.20 bits per heavy atom. The molecule has 0 saturated heterocycles. The highest BCUT2D eigenvalue weighted by Crippen LogP contribution is 2.13. The molecule has 84 valence electrons. The molecule has 0 N–H and O–H groups in total. The van der Waals surface area contributed by atoms with Crippen LogP contribution in [-0.2, 0) is 9.47 Å². The molecule has 0 bridgehead atoms. The molecule has 0 saturated carbocycles. The van der Waals surface area contributed by atoms with E-state index in [0.29, 0.717) is 18.3 Å². The second-order valence-corrected chi connectivity index (χ2v) is 3.38. The van der Waals surface area contributed by atoms with E-state index in [9.17, 15) is 0 Å². The number of aliphatic imine (C=N–C) groups is 2. The predicted octanol–water partition coefficient (Wildman–Crippen LogP) is 0.883. The van der Waals surface area contributed by atoms with Crippen LogP contribution in [0.3, 0.4) is 0 Å². The minimum Gasteiger partial charge on any atom is -0.481 e. The molecule has 5 heteroatoms. The molecule has 15 heavy (non-hydrogen) atoms. The van der Waals surface area contributed by atoms with Crippen molar-refractivity contribution in [2.45, 2.75) is 6.92 Å². The van der Waals surface area contributed by atoms with E-state index in [0.717, 1.165) is 11.4 Å². The normalized spacial score (nSPS) is 16.6. The van der Waals surface area contributed by atoms with Gasteiger partial charge in [-0.2, -0.15) is 4.99 Å². The van der Waals surface area contributed by atoms with E-state index in [1.54, 1.807) is 14.2 Å². The van der Waals surface area contributed by atoms with Crippen molar-refractivity contribution in [2.75, 3.05) is 34.9 Å². The molecule has 0 aromatic heterocycles. The van der Waals surface area contributed by atoms with Crippen LogP contribution < -0.4 is 0 Å². The van der Waals surface area contributed by atoms with E-state index in [1.165, 1.54) is 0 Å². The number of hydrogen-bond acceptors (Lipinski definition) is 5. The summed E-state index contributed by atoms with van der Waals surface area (Å²) in [6, 6.07) is 0. The van der Waals surface area contributed by atoms with Crippen LogP contribution in [0, 0.1) is 0 Å². The number of likely N-dealkylation sites (N-methyl/N-ethyl adjacent to an activating group) is 1. The Balaban J connectivity index is 3.11. The van der Waals surface area contributed by atoms with Crippen molar-refractivity contribution in [2.24, 2.45) is 9.98 Å². The minimum atomic E-state index is 0.500. The van der Waals surface area contributed by atoms with Gasteiger partial charge >= 0.3 is 0 Å². The maximum absolute atomic E-state index is 5.20. The van der Waals surface area contributed by atoms with E-state index in [4.69, 9.17) is 9.47 Å². The second kappa shape index (κ2) is 4.82. The van der Waals surface area contributed by atoms with Crippen molar-refractivity contribution in [3.05, 3.63) is 11.5 Å². The highest BCUT2D eigenvalue weighted by Gasteiger charge is 2.15. The number of methoxy groups -OCH3 is 2. The summed E-state index contributed by atoms with van der Waals surface area (Å²) in [6.07, 6.45) is 0. The molecule has 0 aromatic rings. The molecule has 1 aliphatic rings. The van der Waals surface area contributed by atoms with Crippen LogP contribution in [0.2, 0.25) is 0 Å². The van der Waals surface area contributed by atoms with Gasteiger partial charge in [0, 0.05) is 14.1 Å². The van der Waals surface area contributed by atoms with Gasteiger partial charge in [0.25, 0.3) is 0 Å². The zero-order valence-corrected chi connectivity index (χ0v) is 9.87. The third kappa shape index (κ3) is 2.49. The summed E-state index contributed by atoms with van der Waals surface area (Å²) in [5.41, 5.74) is 0.817. The summed E-state index contributed by atoms with van der Waals surface area (Å²) in [5, 5.41) is 0. The summed E-state index contributed by atoms with van der Waals surface area (Å²) in [7, 11) is 7.04. The summed E-state index contributed by atoms with van der Waals surface area (Å²) >= 11 is 0. The molecule has 0 unspecified atom stereocenters. The van der Waals surface area contributed by atoms with Gasteiger partial charge < -0.3 is 14.4 Å². The van der Waals surface area contributed by atoms with Crippen molar-refractivity contribution in [3.8, 4) is 0 Å². The molecule has 0 aliphatic carbocycles. The van der Waals surface area contributed by atoms with Gasteiger partial charge in [0.1, 0.15) is 12.4 Å². The number of amidine groups is 1. The van der Waals surface area contributed by atoms with Crippen LogP contribution in [0.5, 0.6) is 0 Å². The lowest BCUT2D eigenvalue weighted by Gasteiger charge is -2.12. The first kappa shape index (κ1) is 11.6. The van der Waals surface area contributed by atoms with Crippen LogP contribution in [0.15, 0.2) is 21.4 Å². The van der Waals surface area contributed by atoms with Gasteiger partial charge in [0.15, 0.2) is 0 Å². The molecule has 0 radical (unpaired) electrons. The van der Waals surface area contributed by atoms with Crippen LogP contribution in [0.4, 0.5) is 0 Å². The Morgan fingerprint density at radius 3 is 2.33 bits per heavy atom. The van der Waals surface area contributed by atoms with Gasteiger partial charge in [0.05, 0.1) is 19.8 Å². The molecule has 0 fully saturated rings. The Hall–Kier alpha value is -1.52. The number of hydrogen-bond donors (Lipinski definition) is 0. The minimum absolute atomic E-state index is 0.500. The van der Waals surface area contributed by atoms with Crippen LogP contribution in [0.1, 0.15) is 6.92 Å². The molecule has 1 rings (SSSR count). The van der Waals surface area contributed by atoms with Gasteiger partial charge in [-0.1, -0.05) is 0 Å². The van der Waals surface area contributed by atoms with Gasteiger partial charge in [-0.25, -0.2) is 4.99 Å². The van der Waals surface area contributed by atoms with E-state index in [2.05, 4.69) is 9.98 Å². The lowest BCUT2D eigenvalue weighted by molar-refractivity contribution is 0.282. The highest BCUT2D eigenvalue weighted by molar-refractivity contribution is 5.97. The van der Waals surface area contributed by atoms with E-state index < -0.39 is 0 Å². The van der Waals surface area contributed by atoms with Gasteiger partial charge in [-0.15, -0.1) is 0 Å². The molecule has 5 nitrogen and oxygen atoms in total. The quantitative estimate of drug-likeness (QED) is 0.647. The SMILES string of the molecule is COC1=NCC(N(C)C)=NC(OC)=C1C. The summed E-state index contributed by atoms with van der Waals surface area (Å²) in [5.74, 6) is 1.97. The molecular weight excluding hydrogens is 194 g/mol. The average molecular weight is 211 g/mol. The summed E-state index contributed by atoms with van der Waals surface area (Å²) < 4.78 is 10.4. The third-order valence-corrected chi connectivity index (χ3v) is 2.14. The fraction of sp³-hybridized carbons (Fsp3) is 0.600. The number of rotatable bonds is 1. The third-order valence-electron chi connectivity index (χ3n) is 2.14. The Bertz CT molecular complexity index is 330. The van der Waals surface area contributed by atoms with Crippen LogP contribution in [-0.4, -0.2) is 51.5 Å². The smallest absolute Gasteiger partial charge is 0.223 e. The van der Waals surface area contributed by atoms with Crippen molar-refractivity contribution in [3.63, 3.8) is 0 Å². The van der Waals surface area contributed by atoms with Crippen molar-refractivity contribution < 1.29 is 9.47 Å². The maximum atomic E-state index is 5.20. The van der Waals surface area contributed by atoms with Crippen LogP contribution in [0.25, 0.3) is 0 Å². The topological polar surface area (TPSA) is 46.4 Å². The first-order chi connectivity index (χ1) is 7.10. The first-order valence-electron chi connectivity index (χ1n) is 4.68. The average Bonchev–Trinajstić information content (AvgIpc) is 2.37. The van der Waals surface area contributed by atoms with Crippen molar-refractivity contribution in [1.29, 1.82) is 0 Å². The fourth-order valence-electron chi connectivity index (χ4n) is 1.25. The first-order valence-corrected chi connectivity index (χ1v) is 4.68. The molecule has 0 atom stereocenters. The highest BCUT2D eigenvalue weighted by atomic mass is 16.5. The van der Waals surface area contributed by atoms with Crippen molar-refractivity contribution >= 4 is 11.7 Å². The van der Waals surface area contributed by atoms with E-state index in [1.807, 2.05) is 25.9 Å². The zero-order valence-electron chi connectivity index (χ0n) is 9.87. The van der Waals surface area contributed by atoms with Gasteiger partial charge in [-0.05, 0) is 6.92 Å². The second-order valence-electron chi connectivity index (χ2n) is 3.38. The summed E-state index contributed by atoms with van der Waals surface area (Å²) in [6.45, 7) is 2.38. The lowest BCUT2D eigenvalue weighted by Crippen LogP contribution is -2.24. The largest absolute Gasteiger partial charge is 0.481 e. The fourth-order valence-corrected chi connectivity index (χ4v) is 1.25. The van der Waals surface area contributed by atoms with Gasteiger partial charge in [0.2, 0.25) is 11.8 Å². The van der Waals surface area contributed by atoms with E-state index in [-0.39, 0.29) is 0 Å². The predicted molar refractivity (Wildman–Crippen MR) is 60.1 cm³/mol. The summed E-state index contributed by atoms with van der Waals surface area (Å²) in [4.78, 5) is 10.6. The zero-order chi connectivity index (χ0) is 11.4. The molecule has 0 aromatic carbocycles. The Labute approximate surface area is 90.1 Å². The van der Waals surface area contributed by atoms with Crippen LogP contribution >= 0.6 is 0 Å². The molecule has 0 amide bonds. The standard InChI is InChI=1S/C10H17N3O2/c1-7-9(14-4)11-6-8(13(2)3)12-10(7)15-5/h6H2,1-5H3. The van der Waals surface area contributed by atoms with E-state index >= 15 is 0 Å².